The topological polar surface area (TPSA) is 64.6 Å². The van der Waals surface area contributed by atoms with E-state index in [1.54, 1.807) is 12.1 Å². The van der Waals surface area contributed by atoms with E-state index in [0.717, 1.165) is 4.47 Å². The number of hydrogen-bond acceptors (Lipinski definition) is 4. The SMILES string of the molecule is COC(=O)C(CC(C)C)NC(=O)COc1ccc(Br)cc1. The van der Waals surface area contributed by atoms with Gasteiger partial charge in [0.05, 0.1) is 7.11 Å². The smallest absolute Gasteiger partial charge is 0.328 e. The maximum atomic E-state index is 11.8. The number of rotatable bonds is 7. The van der Waals surface area contributed by atoms with Crippen LogP contribution in [0, 0.1) is 5.92 Å². The summed E-state index contributed by atoms with van der Waals surface area (Å²) in [5, 5.41) is 2.63. The molecule has 1 aromatic rings. The quantitative estimate of drug-likeness (QED) is 0.761. The highest BCUT2D eigenvalue weighted by molar-refractivity contribution is 9.10. The zero-order valence-corrected chi connectivity index (χ0v) is 14.0. The lowest BCUT2D eigenvalue weighted by molar-refractivity contribution is -0.145. The van der Waals surface area contributed by atoms with Gasteiger partial charge in [-0.1, -0.05) is 29.8 Å². The Morgan fingerprint density at radius 3 is 2.38 bits per heavy atom. The van der Waals surface area contributed by atoms with Crippen molar-refractivity contribution in [2.45, 2.75) is 26.3 Å². The van der Waals surface area contributed by atoms with Crippen LogP contribution in [-0.4, -0.2) is 31.6 Å². The molecule has 0 aromatic heterocycles. The molecule has 0 fully saturated rings. The van der Waals surface area contributed by atoms with Gasteiger partial charge in [-0.25, -0.2) is 4.79 Å². The first-order valence-corrected chi connectivity index (χ1v) is 7.47. The molecule has 0 saturated carbocycles. The molecule has 0 aliphatic heterocycles. The second-order valence-electron chi connectivity index (χ2n) is 5.02. The van der Waals surface area contributed by atoms with Crippen LogP contribution in [0.3, 0.4) is 0 Å². The summed E-state index contributed by atoms with van der Waals surface area (Å²) in [5.41, 5.74) is 0. The Morgan fingerprint density at radius 2 is 1.86 bits per heavy atom. The molecule has 116 valence electrons. The molecule has 0 bridgehead atoms. The summed E-state index contributed by atoms with van der Waals surface area (Å²) in [6.45, 7) is 3.80. The van der Waals surface area contributed by atoms with Gasteiger partial charge in [-0.15, -0.1) is 0 Å². The average Bonchev–Trinajstić information content (AvgIpc) is 2.44. The van der Waals surface area contributed by atoms with Crippen LogP contribution in [0.4, 0.5) is 0 Å². The summed E-state index contributed by atoms with van der Waals surface area (Å²) in [4.78, 5) is 23.5. The summed E-state index contributed by atoms with van der Waals surface area (Å²) in [5.74, 6) is 0.0586. The Balaban J connectivity index is 2.49. The number of esters is 1. The van der Waals surface area contributed by atoms with Gasteiger partial charge in [-0.3, -0.25) is 4.79 Å². The maximum absolute atomic E-state index is 11.8. The number of carbonyl (C=O) groups excluding carboxylic acids is 2. The van der Waals surface area contributed by atoms with Gasteiger partial charge in [-0.05, 0) is 36.6 Å². The van der Waals surface area contributed by atoms with Gasteiger partial charge in [0.1, 0.15) is 11.8 Å². The highest BCUT2D eigenvalue weighted by atomic mass is 79.9. The molecule has 0 radical (unpaired) electrons. The predicted octanol–water partition coefficient (Wildman–Crippen LogP) is 2.53. The van der Waals surface area contributed by atoms with Crippen molar-refractivity contribution in [2.24, 2.45) is 5.92 Å². The lowest BCUT2D eigenvalue weighted by Crippen LogP contribution is -2.44. The molecule has 0 aliphatic rings. The van der Waals surface area contributed by atoms with Gasteiger partial charge in [0.2, 0.25) is 0 Å². The van der Waals surface area contributed by atoms with Crippen molar-refractivity contribution >= 4 is 27.8 Å². The molecule has 5 nitrogen and oxygen atoms in total. The lowest BCUT2D eigenvalue weighted by Gasteiger charge is -2.18. The minimum atomic E-state index is -0.643. The molecule has 0 spiro atoms. The van der Waals surface area contributed by atoms with E-state index < -0.39 is 12.0 Å². The molecule has 0 aliphatic carbocycles. The molecule has 1 unspecified atom stereocenters. The number of amides is 1. The van der Waals surface area contributed by atoms with Gasteiger partial charge >= 0.3 is 5.97 Å². The van der Waals surface area contributed by atoms with E-state index in [0.29, 0.717) is 12.2 Å². The third kappa shape index (κ3) is 6.62. The number of benzene rings is 1. The summed E-state index contributed by atoms with van der Waals surface area (Å²) < 4.78 is 11.0. The fraction of sp³-hybridized carbons (Fsp3) is 0.467. The standard InChI is InChI=1S/C15H20BrNO4/c1-10(2)8-13(15(19)20-3)17-14(18)9-21-12-6-4-11(16)5-7-12/h4-7,10,13H,8-9H2,1-3H3,(H,17,18). The van der Waals surface area contributed by atoms with Gasteiger partial charge < -0.3 is 14.8 Å². The summed E-state index contributed by atoms with van der Waals surface area (Å²) >= 11 is 3.32. The van der Waals surface area contributed by atoms with Crippen LogP contribution in [0.2, 0.25) is 0 Å². The fourth-order valence-corrected chi connectivity index (χ4v) is 2.01. The minimum absolute atomic E-state index is 0.146. The molecule has 1 N–H and O–H groups in total. The molecular formula is C15H20BrNO4. The summed E-state index contributed by atoms with van der Waals surface area (Å²) in [6.07, 6.45) is 0.525. The van der Waals surface area contributed by atoms with Crippen LogP contribution in [-0.2, 0) is 14.3 Å². The largest absolute Gasteiger partial charge is 0.484 e. The van der Waals surface area contributed by atoms with Crippen molar-refractivity contribution in [1.29, 1.82) is 0 Å². The first-order chi connectivity index (χ1) is 9.92. The van der Waals surface area contributed by atoms with Crippen LogP contribution in [0.25, 0.3) is 0 Å². The normalized spacial score (nSPS) is 11.9. The molecule has 1 atom stereocenters. The van der Waals surface area contributed by atoms with Crippen molar-refractivity contribution in [3.8, 4) is 5.75 Å². The van der Waals surface area contributed by atoms with Crippen molar-refractivity contribution in [1.82, 2.24) is 5.32 Å². The van der Waals surface area contributed by atoms with Crippen LogP contribution >= 0.6 is 15.9 Å². The lowest BCUT2D eigenvalue weighted by atomic mass is 10.0. The van der Waals surface area contributed by atoms with E-state index in [9.17, 15) is 9.59 Å². The highest BCUT2D eigenvalue weighted by Gasteiger charge is 2.22. The molecule has 1 aromatic carbocycles. The highest BCUT2D eigenvalue weighted by Crippen LogP contribution is 2.16. The van der Waals surface area contributed by atoms with Crippen molar-refractivity contribution in [2.75, 3.05) is 13.7 Å². The molecule has 21 heavy (non-hydrogen) atoms. The van der Waals surface area contributed by atoms with E-state index in [-0.39, 0.29) is 18.4 Å². The molecular weight excluding hydrogens is 338 g/mol. The van der Waals surface area contributed by atoms with Crippen molar-refractivity contribution in [3.05, 3.63) is 28.7 Å². The van der Waals surface area contributed by atoms with Gasteiger partial charge in [-0.2, -0.15) is 0 Å². The van der Waals surface area contributed by atoms with Crippen LogP contribution in [0.5, 0.6) is 5.75 Å². The fourth-order valence-electron chi connectivity index (χ4n) is 1.74. The number of halogens is 1. The molecule has 6 heteroatoms. The van der Waals surface area contributed by atoms with E-state index in [1.807, 2.05) is 26.0 Å². The van der Waals surface area contributed by atoms with E-state index >= 15 is 0 Å². The number of carbonyl (C=O) groups is 2. The first-order valence-electron chi connectivity index (χ1n) is 6.68. The Hall–Kier alpha value is -1.56. The average molecular weight is 358 g/mol. The zero-order chi connectivity index (χ0) is 15.8. The van der Waals surface area contributed by atoms with Crippen LogP contribution < -0.4 is 10.1 Å². The summed E-state index contributed by atoms with van der Waals surface area (Å²) in [6, 6.07) is 6.51. The zero-order valence-electron chi connectivity index (χ0n) is 12.4. The Kier molecular flexibility index (Phi) is 7.22. The predicted molar refractivity (Wildman–Crippen MR) is 83.0 cm³/mol. The van der Waals surface area contributed by atoms with E-state index in [2.05, 4.69) is 21.2 Å². The Morgan fingerprint density at radius 1 is 1.24 bits per heavy atom. The second kappa shape index (κ2) is 8.67. The molecule has 1 amide bonds. The van der Waals surface area contributed by atoms with Gasteiger partial charge in [0.15, 0.2) is 6.61 Å². The minimum Gasteiger partial charge on any atom is -0.484 e. The number of methoxy groups -OCH3 is 1. The monoisotopic (exact) mass is 357 g/mol. The maximum Gasteiger partial charge on any atom is 0.328 e. The first kappa shape index (κ1) is 17.5. The van der Waals surface area contributed by atoms with Crippen molar-refractivity contribution < 1.29 is 19.1 Å². The number of ether oxygens (including phenoxy) is 2. The third-order valence-corrected chi connectivity index (χ3v) is 3.24. The van der Waals surface area contributed by atoms with Crippen LogP contribution in [0.15, 0.2) is 28.7 Å². The second-order valence-corrected chi connectivity index (χ2v) is 5.93. The third-order valence-electron chi connectivity index (χ3n) is 2.71. The van der Waals surface area contributed by atoms with Gasteiger partial charge in [0.25, 0.3) is 5.91 Å². The van der Waals surface area contributed by atoms with E-state index in [1.165, 1.54) is 7.11 Å². The number of hydrogen-bond donors (Lipinski definition) is 1. The van der Waals surface area contributed by atoms with E-state index in [4.69, 9.17) is 9.47 Å². The number of nitrogens with one attached hydrogen (secondary N) is 1. The molecule has 0 saturated heterocycles. The Bertz CT molecular complexity index is 473. The summed E-state index contributed by atoms with van der Waals surface area (Å²) in [7, 11) is 1.31. The van der Waals surface area contributed by atoms with Crippen molar-refractivity contribution in [3.63, 3.8) is 0 Å². The Labute approximate surface area is 133 Å². The molecule has 1 rings (SSSR count). The van der Waals surface area contributed by atoms with Gasteiger partial charge in [0, 0.05) is 4.47 Å². The van der Waals surface area contributed by atoms with Crippen LogP contribution in [0.1, 0.15) is 20.3 Å². The molecule has 0 heterocycles.